The van der Waals surface area contributed by atoms with Crippen molar-refractivity contribution in [3.05, 3.63) is 67.6 Å². The van der Waals surface area contributed by atoms with Crippen LogP contribution >= 0.6 is 28.1 Å². The maximum absolute atomic E-state index is 12.8. The van der Waals surface area contributed by atoms with Crippen LogP contribution in [0.15, 0.2) is 51.7 Å². The Bertz CT molecular complexity index is 943. The zero-order chi connectivity index (χ0) is 15.0. The highest BCUT2D eigenvalue weighted by atomic mass is 79.9. The van der Waals surface area contributed by atoms with E-state index in [2.05, 4.69) is 27.8 Å². The molecular weight excluding hydrogens is 348 g/mol. The van der Waals surface area contributed by atoms with Gasteiger partial charge in [-0.1, -0.05) is 35.0 Å². The molecule has 5 heteroatoms. The van der Waals surface area contributed by atoms with Gasteiger partial charge in [-0.3, -0.25) is 9.36 Å². The lowest BCUT2D eigenvalue weighted by molar-refractivity contribution is 0.915. The molecule has 3 nitrogen and oxygen atoms in total. The number of hydrogen-bond donors (Lipinski definition) is 1. The lowest BCUT2D eigenvalue weighted by Crippen LogP contribution is -2.21. The van der Waals surface area contributed by atoms with Crippen molar-refractivity contribution in [2.24, 2.45) is 0 Å². The summed E-state index contributed by atoms with van der Waals surface area (Å²) in [6.45, 7) is 2.06. The van der Waals surface area contributed by atoms with Crippen LogP contribution in [0.25, 0.3) is 16.6 Å². The van der Waals surface area contributed by atoms with Gasteiger partial charge in [0.2, 0.25) is 0 Å². The predicted molar refractivity (Wildman–Crippen MR) is 91.8 cm³/mol. The van der Waals surface area contributed by atoms with Crippen molar-refractivity contribution in [2.45, 2.75) is 13.3 Å². The summed E-state index contributed by atoms with van der Waals surface area (Å²) < 4.78 is 2.98. The lowest BCUT2D eigenvalue weighted by atomic mass is 10.1. The Balaban J connectivity index is 2.41. The second-order valence-electron chi connectivity index (χ2n) is 4.74. The van der Waals surface area contributed by atoms with E-state index in [1.807, 2.05) is 42.5 Å². The van der Waals surface area contributed by atoms with Gasteiger partial charge in [0.1, 0.15) is 0 Å². The Labute approximate surface area is 135 Å². The number of para-hydroxylation sites is 1. The fraction of sp³-hybridized carbons (Fsp3) is 0.125. The Kier molecular flexibility index (Phi) is 3.78. The summed E-state index contributed by atoms with van der Waals surface area (Å²) in [4.78, 5) is 15.9. The zero-order valence-corrected chi connectivity index (χ0v) is 13.8. The van der Waals surface area contributed by atoms with Crippen molar-refractivity contribution in [3.8, 4) is 5.69 Å². The molecular formula is C16H13BrN2OS. The molecule has 0 saturated carbocycles. The number of fused-ring (bicyclic) bond motifs is 1. The van der Waals surface area contributed by atoms with Gasteiger partial charge in [0.05, 0.1) is 16.6 Å². The van der Waals surface area contributed by atoms with E-state index in [4.69, 9.17) is 12.2 Å². The van der Waals surface area contributed by atoms with E-state index in [0.717, 1.165) is 27.7 Å². The normalized spacial score (nSPS) is 11.0. The van der Waals surface area contributed by atoms with Crippen molar-refractivity contribution in [1.29, 1.82) is 0 Å². The van der Waals surface area contributed by atoms with Crippen LogP contribution in [0.3, 0.4) is 0 Å². The number of halogens is 1. The van der Waals surface area contributed by atoms with Crippen LogP contribution < -0.4 is 5.56 Å². The number of benzene rings is 2. The summed E-state index contributed by atoms with van der Waals surface area (Å²) in [6, 6.07) is 13.3. The zero-order valence-electron chi connectivity index (χ0n) is 11.4. The van der Waals surface area contributed by atoms with E-state index in [9.17, 15) is 4.79 Å². The van der Waals surface area contributed by atoms with Gasteiger partial charge in [-0.05, 0) is 54.5 Å². The highest BCUT2D eigenvalue weighted by molar-refractivity contribution is 9.10. The first-order valence-corrected chi connectivity index (χ1v) is 7.85. The molecule has 0 saturated heterocycles. The number of aromatic amines is 1. The number of rotatable bonds is 2. The maximum Gasteiger partial charge on any atom is 0.266 e. The van der Waals surface area contributed by atoms with Crippen LogP contribution in [0.1, 0.15) is 12.5 Å². The van der Waals surface area contributed by atoms with E-state index < -0.39 is 0 Å². The van der Waals surface area contributed by atoms with Gasteiger partial charge in [-0.2, -0.15) is 0 Å². The van der Waals surface area contributed by atoms with Crippen LogP contribution in [-0.2, 0) is 6.42 Å². The molecule has 2 aromatic carbocycles. The molecule has 106 valence electrons. The van der Waals surface area contributed by atoms with Gasteiger partial charge in [-0.25, -0.2) is 0 Å². The first-order chi connectivity index (χ1) is 10.1. The molecule has 1 N–H and O–H groups in total. The van der Waals surface area contributed by atoms with E-state index in [1.165, 1.54) is 0 Å². The van der Waals surface area contributed by atoms with Gasteiger partial charge in [0.15, 0.2) is 4.77 Å². The van der Waals surface area contributed by atoms with E-state index in [1.54, 1.807) is 4.57 Å². The third-order valence-electron chi connectivity index (χ3n) is 3.47. The summed E-state index contributed by atoms with van der Waals surface area (Å²) in [5, 5.41) is 0.635. The Morgan fingerprint density at radius 1 is 1.24 bits per heavy atom. The van der Waals surface area contributed by atoms with Crippen molar-refractivity contribution < 1.29 is 0 Å². The molecule has 0 unspecified atom stereocenters. The average molecular weight is 361 g/mol. The first kappa shape index (κ1) is 14.2. The molecule has 0 radical (unpaired) electrons. The van der Waals surface area contributed by atoms with E-state index >= 15 is 0 Å². The lowest BCUT2D eigenvalue weighted by Gasteiger charge is -2.12. The minimum atomic E-state index is -0.0913. The SMILES string of the molecule is CCc1cc(Br)ccc1-n1c(=S)[nH]c2ccccc2c1=O. The molecule has 0 aliphatic rings. The first-order valence-electron chi connectivity index (χ1n) is 6.64. The number of nitrogens with zero attached hydrogens (tertiary/aromatic N) is 1. The Morgan fingerprint density at radius 3 is 2.76 bits per heavy atom. The third-order valence-corrected chi connectivity index (χ3v) is 4.25. The Hall–Kier alpha value is -1.72. The fourth-order valence-corrected chi connectivity index (χ4v) is 3.14. The molecule has 1 heterocycles. The molecule has 3 aromatic rings. The molecule has 0 spiro atoms. The molecule has 21 heavy (non-hydrogen) atoms. The average Bonchev–Trinajstić information content (AvgIpc) is 2.48. The van der Waals surface area contributed by atoms with Crippen molar-refractivity contribution in [1.82, 2.24) is 9.55 Å². The highest BCUT2D eigenvalue weighted by Crippen LogP contribution is 2.20. The van der Waals surface area contributed by atoms with Crippen LogP contribution in [-0.4, -0.2) is 9.55 Å². The van der Waals surface area contributed by atoms with Gasteiger partial charge < -0.3 is 4.98 Å². The van der Waals surface area contributed by atoms with Gasteiger partial charge in [0.25, 0.3) is 5.56 Å². The number of aromatic nitrogens is 2. The van der Waals surface area contributed by atoms with Crippen LogP contribution in [0.4, 0.5) is 0 Å². The highest BCUT2D eigenvalue weighted by Gasteiger charge is 2.10. The van der Waals surface area contributed by atoms with Gasteiger partial charge >= 0.3 is 0 Å². The molecule has 0 aliphatic heterocycles. The van der Waals surface area contributed by atoms with Crippen molar-refractivity contribution >= 4 is 39.1 Å². The van der Waals surface area contributed by atoms with Crippen LogP contribution in [0, 0.1) is 4.77 Å². The topological polar surface area (TPSA) is 37.8 Å². The second kappa shape index (κ2) is 5.58. The quantitative estimate of drug-likeness (QED) is 0.688. The second-order valence-corrected chi connectivity index (χ2v) is 6.05. The van der Waals surface area contributed by atoms with Gasteiger partial charge in [0, 0.05) is 4.47 Å². The van der Waals surface area contributed by atoms with Crippen molar-refractivity contribution in [3.63, 3.8) is 0 Å². The maximum atomic E-state index is 12.8. The minimum absolute atomic E-state index is 0.0913. The largest absolute Gasteiger partial charge is 0.331 e. The van der Waals surface area contributed by atoms with Crippen LogP contribution in [0.5, 0.6) is 0 Å². The number of nitrogens with one attached hydrogen (secondary N) is 1. The Morgan fingerprint density at radius 2 is 2.00 bits per heavy atom. The summed E-state index contributed by atoms with van der Waals surface area (Å²) in [7, 11) is 0. The summed E-state index contributed by atoms with van der Waals surface area (Å²) >= 11 is 8.85. The monoisotopic (exact) mass is 360 g/mol. The summed E-state index contributed by atoms with van der Waals surface area (Å²) in [5.74, 6) is 0. The number of hydrogen-bond acceptors (Lipinski definition) is 2. The number of aryl methyl sites for hydroxylation is 1. The predicted octanol–water partition coefficient (Wildman–Crippen LogP) is 4.37. The number of H-pyrrole nitrogens is 1. The standard InChI is InChI=1S/C16H13BrN2OS/c1-2-10-9-11(17)7-8-14(10)19-15(20)12-5-3-4-6-13(12)18-16(19)21/h3-9H,2H2,1H3,(H,18,21). The smallest absolute Gasteiger partial charge is 0.266 e. The van der Waals surface area contributed by atoms with E-state index in [0.29, 0.717) is 10.2 Å². The minimum Gasteiger partial charge on any atom is -0.331 e. The molecule has 0 bridgehead atoms. The summed E-state index contributed by atoms with van der Waals surface area (Å²) in [6.07, 6.45) is 0.822. The van der Waals surface area contributed by atoms with E-state index in [-0.39, 0.29) is 5.56 Å². The molecule has 0 fully saturated rings. The van der Waals surface area contributed by atoms with Crippen LogP contribution in [0.2, 0.25) is 0 Å². The third kappa shape index (κ3) is 2.47. The molecule has 1 aromatic heterocycles. The van der Waals surface area contributed by atoms with Gasteiger partial charge in [-0.15, -0.1) is 0 Å². The fourth-order valence-electron chi connectivity index (χ4n) is 2.44. The van der Waals surface area contributed by atoms with Crippen molar-refractivity contribution in [2.75, 3.05) is 0 Å². The molecule has 0 atom stereocenters. The molecule has 0 aliphatic carbocycles. The molecule has 0 amide bonds. The molecule has 3 rings (SSSR count). The summed E-state index contributed by atoms with van der Waals surface area (Å²) in [5.41, 5.74) is 2.57.